The third kappa shape index (κ3) is 12.2. The van der Waals surface area contributed by atoms with Crippen molar-refractivity contribution in [2.24, 2.45) is 5.92 Å². The summed E-state index contributed by atoms with van der Waals surface area (Å²) >= 11 is 1.37. The van der Waals surface area contributed by atoms with Crippen LogP contribution in [0.1, 0.15) is 82.3 Å². The van der Waals surface area contributed by atoms with Gasteiger partial charge in [0.25, 0.3) is 0 Å². The molecule has 0 aliphatic carbocycles. The van der Waals surface area contributed by atoms with Gasteiger partial charge < -0.3 is 15.3 Å². The molecule has 0 saturated carbocycles. The van der Waals surface area contributed by atoms with Gasteiger partial charge in [-0.05, 0) is 37.0 Å². The van der Waals surface area contributed by atoms with Crippen LogP contribution in [0.5, 0.6) is 0 Å². The summed E-state index contributed by atoms with van der Waals surface area (Å²) in [6, 6.07) is 6.29. The second kappa shape index (κ2) is 16.2. The first-order chi connectivity index (χ1) is 14.8. The van der Waals surface area contributed by atoms with E-state index in [9.17, 15) is 14.7 Å². The fourth-order valence-corrected chi connectivity index (χ4v) is 4.64. The Hall–Kier alpha value is -1.53. The Kier molecular flexibility index (Phi) is 14.3. The Labute approximate surface area is 191 Å². The number of thioether (sulfide) groups is 1. The number of carbonyl (C=O) groups is 2. The monoisotopic (exact) mass is 451 g/mol. The van der Waals surface area contributed by atoms with Crippen molar-refractivity contribution < 1.29 is 24.9 Å². The van der Waals surface area contributed by atoms with E-state index < -0.39 is 24.0 Å². The molecule has 0 spiro atoms. The predicted molar refractivity (Wildman–Crippen MR) is 127 cm³/mol. The molecule has 2 atom stereocenters. The molecule has 0 aliphatic rings. The summed E-state index contributed by atoms with van der Waals surface area (Å²) in [6.45, 7) is 4.23. The molecular weight excluding hydrogens is 412 g/mol. The van der Waals surface area contributed by atoms with Gasteiger partial charge in [-0.2, -0.15) is 0 Å². The number of hydrogen-bond acceptors (Lipinski definition) is 4. The summed E-state index contributed by atoms with van der Waals surface area (Å²) in [5, 5.41) is 28.1. The van der Waals surface area contributed by atoms with E-state index in [1.54, 1.807) is 0 Å². The van der Waals surface area contributed by atoms with Gasteiger partial charge in [-0.25, -0.2) is 0 Å². The number of aliphatic carboxylic acids is 2. The minimum Gasteiger partial charge on any atom is -0.481 e. The van der Waals surface area contributed by atoms with E-state index in [0.717, 1.165) is 23.3 Å². The topological polar surface area (TPSA) is 94.8 Å². The summed E-state index contributed by atoms with van der Waals surface area (Å²) in [6.07, 6.45) is 13.5. The second-order valence-corrected chi connectivity index (χ2v) is 9.34. The fraction of sp³-hybridized carbons (Fsp3) is 0.640. The molecule has 0 saturated heterocycles. The lowest BCUT2D eigenvalue weighted by Gasteiger charge is -2.17. The number of carboxylic acid groups (broad SMARTS) is 2. The Morgan fingerprint density at radius 2 is 1.55 bits per heavy atom. The molecule has 1 aromatic rings. The molecule has 5 nitrogen and oxygen atoms in total. The van der Waals surface area contributed by atoms with Crippen LogP contribution in [0.2, 0.25) is 0 Å². The van der Waals surface area contributed by atoms with Crippen molar-refractivity contribution in [1.82, 2.24) is 0 Å². The van der Waals surface area contributed by atoms with Crippen molar-refractivity contribution in [2.75, 3.05) is 5.75 Å². The maximum absolute atomic E-state index is 11.2. The van der Waals surface area contributed by atoms with Crippen LogP contribution in [-0.4, -0.2) is 39.1 Å². The Bertz CT molecular complexity index is 661. The maximum Gasteiger partial charge on any atom is 0.310 e. The molecule has 2 unspecified atom stereocenters. The lowest BCUT2D eigenvalue weighted by molar-refractivity contribution is -0.147. The number of aryl methyl sites for hydroxylation is 2. The van der Waals surface area contributed by atoms with Crippen LogP contribution in [0.4, 0.5) is 0 Å². The van der Waals surface area contributed by atoms with Gasteiger partial charge in [-0.3, -0.25) is 9.59 Å². The highest BCUT2D eigenvalue weighted by Gasteiger charge is 2.29. The standard InChI is InChI=1S/C25H39O5S/c1-3-4-5-6-7-8-9-10-11-12-13-20-15-14-19(2)23(16-20)31-18-22(26)21(25(29)30)17-24(27)28/h14-17,21-22,26H,3-13,18H2,1-2H3,(H,27,28)(H,29,30). The first-order valence-corrected chi connectivity index (χ1v) is 12.5. The molecule has 1 rings (SSSR count). The van der Waals surface area contributed by atoms with Gasteiger partial charge in [0, 0.05) is 10.6 Å². The second-order valence-electron chi connectivity index (χ2n) is 8.28. The van der Waals surface area contributed by atoms with Crippen LogP contribution >= 0.6 is 11.8 Å². The molecule has 0 aromatic heterocycles. The summed E-state index contributed by atoms with van der Waals surface area (Å²) < 4.78 is 0. The lowest BCUT2D eigenvalue weighted by atomic mass is 10.0. The summed E-state index contributed by atoms with van der Waals surface area (Å²) in [4.78, 5) is 23.0. The molecule has 0 fully saturated rings. The van der Waals surface area contributed by atoms with Gasteiger partial charge in [-0.15, -0.1) is 11.8 Å². The Morgan fingerprint density at radius 3 is 2.10 bits per heavy atom. The van der Waals surface area contributed by atoms with Crippen LogP contribution < -0.4 is 0 Å². The van der Waals surface area contributed by atoms with E-state index in [0.29, 0.717) is 6.42 Å². The number of hydrogen-bond donors (Lipinski definition) is 3. The largest absolute Gasteiger partial charge is 0.481 e. The van der Waals surface area contributed by atoms with Gasteiger partial charge in [0.1, 0.15) is 0 Å². The zero-order valence-corrected chi connectivity index (χ0v) is 19.8. The van der Waals surface area contributed by atoms with Crippen LogP contribution in [0.3, 0.4) is 0 Å². The SMILES string of the molecule is CCCCCCCCCCCCc1ccc(C)c(SCC(O)C([CH]C(=O)O)C(=O)O)c1. The smallest absolute Gasteiger partial charge is 0.310 e. The average molecular weight is 452 g/mol. The van der Waals surface area contributed by atoms with E-state index in [1.165, 1.54) is 75.1 Å². The summed E-state index contributed by atoms with van der Waals surface area (Å²) in [7, 11) is 0. The van der Waals surface area contributed by atoms with Gasteiger partial charge in [0.15, 0.2) is 0 Å². The predicted octanol–water partition coefficient (Wildman–Crippen LogP) is 5.90. The van der Waals surface area contributed by atoms with Gasteiger partial charge in [-0.1, -0.05) is 76.8 Å². The highest BCUT2D eigenvalue weighted by molar-refractivity contribution is 7.99. The quantitative estimate of drug-likeness (QED) is 0.190. The van der Waals surface area contributed by atoms with Gasteiger partial charge in [0.2, 0.25) is 0 Å². The van der Waals surface area contributed by atoms with Crippen molar-refractivity contribution in [1.29, 1.82) is 0 Å². The van der Waals surface area contributed by atoms with Crippen LogP contribution in [0, 0.1) is 19.3 Å². The zero-order valence-electron chi connectivity index (χ0n) is 19.0. The molecular formula is C25H39O5S. The number of aliphatic hydroxyl groups is 1. The molecule has 175 valence electrons. The van der Waals surface area contributed by atoms with Gasteiger partial charge in [0.05, 0.1) is 18.4 Å². The number of aliphatic hydroxyl groups excluding tert-OH is 1. The molecule has 0 amide bonds. The normalized spacial score (nSPS) is 13.1. The zero-order chi connectivity index (χ0) is 23.1. The van der Waals surface area contributed by atoms with Crippen molar-refractivity contribution in [3.63, 3.8) is 0 Å². The minimum absolute atomic E-state index is 0.128. The lowest BCUT2D eigenvalue weighted by Crippen LogP contribution is -2.32. The average Bonchev–Trinajstić information content (AvgIpc) is 2.72. The highest BCUT2D eigenvalue weighted by Crippen LogP contribution is 2.27. The van der Waals surface area contributed by atoms with E-state index in [2.05, 4.69) is 25.1 Å². The van der Waals surface area contributed by atoms with Crippen molar-refractivity contribution >= 4 is 23.7 Å². The molecule has 1 radical (unpaired) electrons. The van der Waals surface area contributed by atoms with Crippen LogP contribution in [-0.2, 0) is 16.0 Å². The number of unbranched alkanes of at least 4 members (excludes halogenated alkanes) is 9. The molecule has 3 N–H and O–H groups in total. The summed E-state index contributed by atoms with van der Waals surface area (Å²) in [5.74, 6) is -3.96. The molecule has 0 aliphatic heterocycles. The molecule has 6 heteroatoms. The minimum atomic E-state index is -1.42. The van der Waals surface area contributed by atoms with Crippen molar-refractivity contribution in [2.45, 2.75) is 95.5 Å². The molecule has 31 heavy (non-hydrogen) atoms. The highest BCUT2D eigenvalue weighted by atomic mass is 32.2. The molecule has 0 heterocycles. The van der Waals surface area contributed by atoms with Crippen molar-refractivity contribution in [3.8, 4) is 0 Å². The molecule has 0 bridgehead atoms. The summed E-state index contributed by atoms with van der Waals surface area (Å²) in [5.41, 5.74) is 2.31. The van der Waals surface area contributed by atoms with E-state index in [-0.39, 0.29) is 5.75 Å². The molecule has 1 aromatic carbocycles. The van der Waals surface area contributed by atoms with E-state index in [1.807, 2.05) is 6.92 Å². The first-order valence-electron chi connectivity index (χ1n) is 11.6. The van der Waals surface area contributed by atoms with Gasteiger partial charge >= 0.3 is 11.9 Å². The van der Waals surface area contributed by atoms with E-state index >= 15 is 0 Å². The van der Waals surface area contributed by atoms with E-state index in [4.69, 9.17) is 10.2 Å². The van der Waals surface area contributed by atoms with Crippen molar-refractivity contribution in [3.05, 3.63) is 35.7 Å². The third-order valence-corrected chi connectivity index (χ3v) is 6.76. The number of rotatable bonds is 18. The first kappa shape index (κ1) is 27.5. The fourth-order valence-electron chi connectivity index (χ4n) is 3.55. The Balaban J connectivity index is 2.37. The Morgan fingerprint density at radius 1 is 0.968 bits per heavy atom. The number of carboxylic acids is 2. The maximum atomic E-state index is 11.2. The van der Waals surface area contributed by atoms with Crippen LogP contribution in [0.15, 0.2) is 23.1 Å². The number of benzene rings is 1. The third-order valence-electron chi connectivity index (χ3n) is 5.50. The van der Waals surface area contributed by atoms with Crippen LogP contribution in [0.25, 0.3) is 0 Å².